The summed E-state index contributed by atoms with van der Waals surface area (Å²) in [5.41, 5.74) is 5.05. The van der Waals surface area contributed by atoms with Gasteiger partial charge in [-0.1, -0.05) is 6.07 Å². The number of hydrogen-bond acceptors (Lipinski definition) is 2. The first kappa shape index (κ1) is 14.8. The fourth-order valence-corrected chi connectivity index (χ4v) is 3.19. The predicted octanol–water partition coefficient (Wildman–Crippen LogP) is 2.73. The lowest BCUT2D eigenvalue weighted by atomic mass is 10.1. The topological polar surface area (TPSA) is 62.0 Å². The van der Waals surface area contributed by atoms with Crippen molar-refractivity contribution in [3.8, 4) is 0 Å². The first-order valence-electron chi connectivity index (χ1n) is 6.51. The number of aryl methyl sites for hydroxylation is 4. The van der Waals surface area contributed by atoms with E-state index in [2.05, 4.69) is 9.71 Å². The molecule has 0 bridgehead atoms. The monoisotopic (exact) mass is 292 g/mol. The number of nitrogens with one attached hydrogen (secondary N) is 2. The number of aromatic nitrogens is 1. The van der Waals surface area contributed by atoms with Gasteiger partial charge in [0.1, 0.15) is 0 Å². The van der Waals surface area contributed by atoms with Crippen molar-refractivity contribution in [2.24, 2.45) is 0 Å². The highest BCUT2D eigenvalue weighted by molar-refractivity contribution is 7.89. The van der Waals surface area contributed by atoms with E-state index in [4.69, 9.17) is 0 Å². The highest BCUT2D eigenvalue weighted by Gasteiger charge is 2.15. The molecule has 1 aromatic heterocycles. The molecule has 1 heterocycles. The van der Waals surface area contributed by atoms with Gasteiger partial charge in [-0.2, -0.15) is 0 Å². The lowest BCUT2D eigenvalue weighted by Crippen LogP contribution is -2.23. The molecule has 0 saturated heterocycles. The van der Waals surface area contributed by atoms with E-state index in [1.807, 2.05) is 39.8 Å². The summed E-state index contributed by atoms with van der Waals surface area (Å²) >= 11 is 0. The van der Waals surface area contributed by atoms with E-state index in [-0.39, 0.29) is 0 Å². The Hall–Kier alpha value is -1.59. The molecule has 4 nitrogen and oxygen atoms in total. The SMILES string of the molecule is Cc1cc(CNS(=O)(=O)c2ccc(C)c(C)c2)c(C)[nH]1. The highest BCUT2D eigenvalue weighted by atomic mass is 32.2. The summed E-state index contributed by atoms with van der Waals surface area (Å²) in [5, 5.41) is 0. The Balaban J connectivity index is 2.19. The molecule has 0 aliphatic heterocycles. The van der Waals surface area contributed by atoms with Crippen LogP contribution in [0.2, 0.25) is 0 Å². The average Bonchev–Trinajstić information content (AvgIpc) is 2.69. The van der Waals surface area contributed by atoms with Crippen molar-refractivity contribution < 1.29 is 8.42 Å². The van der Waals surface area contributed by atoms with Crippen LogP contribution < -0.4 is 4.72 Å². The van der Waals surface area contributed by atoms with Crippen LogP contribution in [0, 0.1) is 27.7 Å². The first-order chi connectivity index (χ1) is 9.29. The molecule has 2 rings (SSSR count). The van der Waals surface area contributed by atoms with E-state index in [1.165, 1.54) is 0 Å². The average molecular weight is 292 g/mol. The van der Waals surface area contributed by atoms with Crippen molar-refractivity contribution in [1.29, 1.82) is 0 Å². The zero-order chi connectivity index (χ0) is 14.9. The van der Waals surface area contributed by atoms with Crippen LogP contribution in [-0.4, -0.2) is 13.4 Å². The van der Waals surface area contributed by atoms with Crippen molar-refractivity contribution >= 4 is 10.0 Å². The van der Waals surface area contributed by atoms with Gasteiger partial charge in [-0.05, 0) is 62.6 Å². The van der Waals surface area contributed by atoms with Gasteiger partial charge in [0.15, 0.2) is 0 Å². The van der Waals surface area contributed by atoms with Crippen LogP contribution in [0.1, 0.15) is 28.1 Å². The third-order valence-corrected chi connectivity index (χ3v) is 4.90. The van der Waals surface area contributed by atoms with E-state index in [9.17, 15) is 8.42 Å². The maximum absolute atomic E-state index is 12.3. The molecule has 0 saturated carbocycles. The standard InChI is InChI=1S/C15H20N2O2S/c1-10-5-6-15(7-11(10)2)20(18,19)16-9-14-8-12(3)17-13(14)4/h5-8,16-17H,9H2,1-4H3. The maximum atomic E-state index is 12.3. The number of hydrogen-bond donors (Lipinski definition) is 2. The second-order valence-corrected chi connectivity index (χ2v) is 6.94. The molecule has 0 fully saturated rings. The summed E-state index contributed by atoms with van der Waals surface area (Å²) in [6.45, 7) is 8.06. The Morgan fingerprint density at radius 3 is 2.30 bits per heavy atom. The van der Waals surface area contributed by atoms with Crippen molar-refractivity contribution in [3.63, 3.8) is 0 Å². The fourth-order valence-electron chi connectivity index (χ4n) is 2.10. The van der Waals surface area contributed by atoms with Gasteiger partial charge in [-0.3, -0.25) is 0 Å². The van der Waals surface area contributed by atoms with E-state index in [1.54, 1.807) is 12.1 Å². The van der Waals surface area contributed by atoms with Crippen LogP contribution in [-0.2, 0) is 16.6 Å². The largest absolute Gasteiger partial charge is 0.362 e. The molecule has 0 amide bonds. The molecule has 2 aromatic rings. The fraction of sp³-hybridized carbons (Fsp3) is 0.333. The molecule has 108 valence electrons. The van der Waals surface area contributed by atoms with Crippen LogP contribution in [0.3, 0.4) is 0 Å². The Kier molecular flexibility index (Phi) is 4.01. The van der Waals surface area contributed by atoms with Crippen molar-refractivity contribution in [1.82, 2.24) is 9.71 Å². The summed E-state index contributed by atoms with van der Waals surface area (Å²) in [4.78, 5) is 3.48. The summed E-state index contributed by atoms with van der Waals surface area (Å²) in [5.74, 6) is 0. The molecular formula is C15H20N2O2S. The predicted molar refractivity (Wildman–Crippen MR) is 80.2 cm³/mol. The normalized spacial score (nSPS) is 11.8. The molecule has 5 heteroatoms. The Bertz CT molecular complexity index is 730. The molecule has 1 aromatic carbocycles. The van der Waals surface area contributed by atoms with Gasteiger partial charge in [-0.25, -0.2) is 13.1 Å². The first-order valence-corrected chi connectivity index (χ1v) is 8.00. The van der Waals surface area contributed by atoms with Gasteiger partial charge in [0, 0.05) is 17.9 Å². The molecule has 0 unspecified atom stereocenters. The zero-order valence-electron chi connectivity index (χ0n) is 12.2. The minimum atomic E-state index is -3.47. The minimum absolute atomic E-state index is 0.297. The zero-order valence-corrected chi connectivity index (χ0v) is 13.1. The molecule has 20 heavy (non-hydrogen) atoms. The van der Waals surface area contributed by atoms with Crippen LogP contribution >= 0.6 is 0 Å². The van der Waals surface area contributed by atoms with Crippen LogP contribution in [0.25, 0.3) is 0 Å². The van der Waals surface area contributed by atoms with E-state index in [0.717, 1.165) is 28.1 Å². The summed E-state index contributed by atoms with van der Waals surface area (Å²) in [7, 11) is -3.47. The lowest BCUT2D eigenvalue weighted by Gasteiger charge is -2.08. The van der Waals surface area contributed by atoms with Crippen LogP contribution in [0.15, 0.2) is 29.2 Å². The van der Waals surface area contributed by atoms with Crippen molar-refractivity contribution in [2.75, 3.05) is 0 Å². The van der Waals surface area contributed by atoms with Gasteiger partial charge in [-0.15, -0.1) is 0 Å². The van der Waals surface area contributed by atoms with E-state index in [0.29, 0.717) is 11.4 Å². The van der Waals surface area contributed by atoms with Crippen LogP contribution in [0.4, 0.5) is 0 Å². The number of rotatable bonds is 4. The minimum Gasteiger partial charge on any atom is -0.362 e. The molecule has 0 spiro atoms. The quantitative estimate of drug-likeness (QED) is 0.910. The third kappa shape index (κ3) is 3.11. The van der Waals surface area contributed by atoms with E-state index >= 15 is 0 Å². The van der Waals surface area contributed by atoms with Gasteiger partial charge in [0.2, 0.25) is 10.0 Å². The molecule has 0 radical (unpaired) electrons. The summed E-state index contributed by atoms with van der Waals surface area (Å²) < 4.78 is 27.2. The number of aromatic amines is 1. The van der Waals surface area contributed by atoms with E-state index < -0.39 is 10.0 Å². The second-order valence-electron chi connectivity index (χ2n) is 5.17. The Labute approximate surface area is 120 Å². The molecule has 0 aliphatic carbocycles. The molecule has 2 N–H and O–H groups in total. The lowest BCUT2D eigenvalue weighted by molar-refractivity contribution is 0.581. The third-order valence-electron chi connectivity index (χ3n) is 3.50. The van der Waals surface area contributed by atoms with Gasteiger partial charge < -0.3 is 4.98 Å². The highest BCUT2D eigenvalue weighted by Crippen LogP contribution is 2.16. The second kappa shape index (κ2) is 5.42. The van der Waals surface area contributed by atoms with Crippen molar-refractivity contribution in [2.45, 2.75) is 39.1 Å². The van der Waals surface area contributed by atoms with Crippen molar-refractivity contribution in [3.05, 3.63) is 52.3 Å². The summed E-state index contributed by atoms with van der Waals surface area (Å²) in [6.07, 6.45) is 0. The smallest absolute Gasteiger partial charge is 0.240 e. The number of benzene rings is 1. The Morgan fingerprint density at radius 2 is 1.75 bits per heavy atom. The maximum Gasteiger partial charge on any atom is 0.240 e. The Morgan fingerprint density at radius 1 is 1.05 bits per heavy atom. The van der Waals surface area contributed by atoms with Crippen LogP contribution in [0.5, 0.6) is 0 Å². The number of H-pyrrole nitrogens is 1. The molecule has 0 atom stereocenters. The summed E-state index contributed by atoms with van der Waals surface area (Å²) in [6, 6.07) is 7.13. The number of sulfonamides is 1. The van der Waals surface area contributed by atoms with Gasteiger partial charge in [0.25, 0.3) is 0 Å². The molecular weight excluding hydrogens is 272 g/mol. The van der Waals surface area contributed by atoms with Gasteiger partial charge >= 0.3 is 0 Å². The van der Waals surface area contributed by atoms with Gasteiger partial charge in [0.05, 0.1) is 4.90 Å². The molecule has 0 aliphatic rings.